The third kappa shape index (κ3) is 6.76. The highest BCUT2D eigenvalue weighted by atomic mass is 35.7. The number of hydrogen-bond donors (Lipinski definition) is 0. The van der Waals surface area contributed by atoms with Gasteiger partial charge in [-0.05, 0) is 17.2 Å². The SMILES string of the molecule is C1=C(c2ccccc2)C=C(c2ccccc2)S[O+]1c1ccccc1.[O-][Cl+3]([O-])([O-])[O-]. The van der Waals surface area contributed by atoms with Crippen LogP contribution >= 0.6 is 12.0 Å². The van der Waals surface area contributed by atoms with Crippen molar-refractivity contribution in [3.8, 4) is 5.75 Å². The molecule has 29 heavy (non-hydrogen) atoms. The molecule has 1 aliphatic rings. The topological polar surface area (TPSA) is 94.9 Å². The molecule has 0 radical (unpaired) electrons. The normalized spacial score (nSPS) is 13.7. The number of hydrogen-bond acceptors (Lipinski definition) is 5. The fourth-order valence-corrected chi connectivity index (χ4v) is 3.58. The molecular weight excluding hydrogens is 412 g/mol. The molecule has 0 atom stereocenters. The summed E-state index contributed by atoms with van der Waals surface area (Å²) in [6.07, 6.45) is 4.38. The van der Waals surface area contributed by atoms with Gasteiger partial charge in [0.25, 0.3) is 17.8 Å². The number of rotatable bonds is 3. The second-order valence-corrected chi connectivity index (χ2v) is 7.61. The molecule has 0 fully saturated rings. The van der Waals surface area contributed by atoms with E-state index in [4.69, 9.17) is 18.6 Å². The minimum atomic E-state index is -4.94. The summed E-state index contributed by atoms with van der Waals surface area (Å²) in [7, 11) is -4.94. The van der Waals surface area contributed by atoms with Crippen molar-refractivity contribution in [3.63, 3.8) is 0 Å². The molecule has 4 rings (SSSR count). The lowest BCUT2D eigenvalue weighted by Gasteiger charge is -2.21. The van der Waals surface area contributed by atoms with Crippen LogP contribution in [0.3, 0.4) is 0 Å². The molecule has 148 valence electrons. The van der Waals surface area contributed by atoms with Crippen LogP contribution < -0.4 is 18.6 Å². The molecule has 1 heterocycles. The van der Waals surface area contributed by atoms with Crippen LogP contribution in [0.4, 0.5) is 0 Å². The Hall–Kier alpha value is -2.58. The Labute approximate surface area is 175 Å². The van der Waals surface area contributed by atoms with E-state index in [1.165, 1.54) is 21.6 Å². The first-order chi connectivity index (χ1) is 13.9. The predicted octanol–water partition coefficient (Wildman–Crippen LogP) is 1.94. The summed E-state index contributed by atoms with van der Waals surface area (Å²) in [4.78, 5) is 1.21. The van der Waals surface area contributed by atoms with Gasteiger partial charge in [-0.15, -0.1) is 10.2 Å². The average molecular weight is 429 g/mol. The van der Waals surface area contributed by atoms with E-state index in [-0.39, 0.29) is 0 Å². The zero-order chi connectivity index (χ0) is 20.7. The zero-order valence-electron chi connectivity index (χ0n) is 15.1. The Morgan fingerprint density at radius 2 is 1.07 bits per heavy atom. The van der Waals surface area contributed by atoms with Gasteiger partial charge in [-0.2, -0.15) is 0 Å². The molecule has 0 bridgehead atoms. The van der Waals surface area contributed by atoms with E-state index in [1.54, 1.807) is 12.0 Å². The van der Waals surface area contributed by atoms with Crippen LogP contribution in [0, 0.1) is 10.2 Å². The Morgan fingerprint density at radius 1 is 0.621 bits per heavy atom. The molecule has 0 N–H and O–H groups in total. The summed E-state index contributed by atoms with van der Waals surface area (Å²) in [5.74, 6) is 1.09. The van der Waals surface area contributed by atoms with Gasteiger partial charge in [0.1, 0.15) is 4.91 Å². The van der Waals surface area contributed by atoms with Gasteiger partial charge in [-0.25, -0.2) is 18.6 Å². The van der Waals surface area contributed by atoms with Gasteiger partial charge in [0.05, 0.1) is 5.57 Å². The standard InChI is InChI=1S/C22H17OS.ClHO4/c1-4-10-18(11-5-1)20-16-22(19-12-6-2-7-13-19)24-23(17-20)21-14-8-3-9-15-21;2-1(3,4)5/h1-17H;(H,2,3,4,5)/q+1;/p-1. The zero-order valence-corrected chi connectivity index (χ0v) is 16.7. The highest BCUT2D eigenvalue weighted by Gasteiger charge is 2.24. The molecule has 0 unspecified atom stereocenters. The molecule has 0 spiro atoms. The molecule has 0 amide bonds. The maximum absolute atomic E-state index is 8.49. The van der Waals surface area contributed by atoms with Crippen molar-refractivity contribution in [3.05, 3.63) is 114 Å². The van der Waals surface area contributed by atoms with Crippen molar-refractivity contribution in [1.82, 2.24) is 0 Å². The number of para-hydroxylation sites is 1. The maximum Gasteiger partial charge on any atom is 0.285 e. The van der Waals surface area contributed by atoms with E-state index in [0.29, 0.717) is 0 Å². The first-order valence-electron chi connectivity index (χ1n) is 8.53. The van der Waals surface area contributed by atoms with Crippen LogP contribution in [-0.4, -0.2) is 0 Å². The van der Waals surface area contributed by atoms with Gasteiger partial charge in [0, 0.05) is 12.1 Å². The van der Waals surface area contributed by atoms with E-state index in [9.17, 15) is 0 Å². The quantitative estimate of drug-likeness (QED) is 0.469. The Kier molecular flexibility index (Phi) is 7.11. The van der Waals surface area contributed by atoms with Crippen LogP contribution in [0.5, 0.6) is 5.75 Å². The summed E-state index contributed by atoms with van der Waals surface area (Å²) in [6.45, 7) is 0. The molecule has 3 aromatic carbocycles. The maximum atomic E-state index is 8.49. The lowest BCUT2D eigenvalue weighted by atomic mass is 10.1. The second kappa shape index (κ2) is 9.76. The summed E-state index contributed by atoms with van der Waals surface area (Å²) in [5, 5.41) is 0. The fraction of sp³-hybridized carbons (Fsp3) is 0. The molecule has 7 heteroatoms. The molecule has 5 nitrogen and oxygen atoms in total. The van der Waals surface area contributed by atoms with Crippen molar-refractivity contribution in [2.45, 2.75) is 0 Å². The van der Waals surface area contributed by atoms with Crippen LogP contribution in [0.25, 0.3) is 10.5 Å². The van der Waals surface area contributed by atoms with Gasteiger partial charge >= 0.3 is 0 Å². The first kappa shape index (κ1) is 21.1. The van der Waals surface area contributed by atoms with Crippen LogP contribution in [0.1, 0.15) is 11.1 Å². The molecule has 0 aliphatic carbocycles. The average Bonchev–Trinajstić information content (AvgIpc) is 2.74. The minimum absolute atomic E-state index is 1.09. The Bertz CT molecular complexity index is 964. The fourth-order valence-electron chi connectivity index (χ4n) is 2.62. The van der Waals surface area contributed by atoms with E-state index in [2.05, 4.69) is 88.9 Å². The molecule has 3 aromatic rings. The Morgan fingerprint density at radius 3 is 1.59 bits per heavy atom. The molecule has 0 saturated carbocycles. The predicted molar refractivity (Wildman–Crippen MR) is 103 cm³/mol. The molecule has 0 saturated heterocycles. The largest absolute Gasteiger partial charge is 0.462 e. The number of benzene rings is 3. The smallest absolute Gasteiger partial charge is 0.285 e. The van der Waals surface area contributed by atoms with Crippen LogP contribution in [0.15, 0.2) is 103 Å². The van der Waals surface area contributed by atoms with Gasteiger partial charge < -0.3 is 3.81 Å². The van der Waals surface area contributed by atoms with Crippen molar-refractivity contribution in [2.75, 3.05) is 0 Å². The van der Waals surface area contributed by atoms with Crippen molar-refractivity contribution in [2.24, 2.45) is 0 Å². The van der Waals surface area contributed by atoms with E-state index in [0.717, 1.165) is 5.75 Å². The third-order valence-corrected chi connectivity index (χ3v) is 4.84. The van der Waals surface area contributed by atoms with Gasteiger partial charge in [0.2, 0.25) is 6.26 Å². The number of allylic oxidation sites excluding steroid dienone is 2. The van der Waals surface area contributed by atoms with Crippen molar-refractivity contribution < 1.29 is 32.7 Å². The first-order valence-corrected chi connectivity index (χ1v) is 10.5. The van der Waals surface area contributed by atoms with E-state index in [1.807, 2.05) is 18.2 Å². The lowest BCUT2D eigenvalue weighted by Crippen LogP contribution is -2.68. The van der Waals surface area contributed by atoms with E-state index >= 15 is 0 Å². The van der Waals surface area contributed by atoms with Crippen molar-refractivity contribution >= 4 is 22.5 Å². The summed E-state index contributed by atoms with van der Waals surface area (Å²) >= 11 is 1.67. The highest BCUT2D eigenvalue weighted by molar-refractivity contribution is 8.04. The summed E-state index contributed by atoms with van der Waals surface area (Å²) in [5.41, 5.74) is 3.61. The Balaban J connectivity index is 0.000000431. The lowest BCUT2D eigenvalue weighted by molar-refractivity contribution is -2.00. The van der Waals surface area contributed by atoms with Crippen molar-refractivity contribution in [1.29, 1.82) is 0 Å². The molecular formula is C22H17ClO5S. The third-order valence-electron chi connectivity index (χ3n) is 3.84. The van der Waals surface area contributed by atoms with Gasteiger partial charge in [-0.1, -0.05) is 78.9 Å². The number of halogens is 1. The van der Waals surface area contributed by atoms with Gasteiger partial charge in [0.15, 0.2) is 0 Å². The summed E-state index contributed by atoms with van der Waals surface area (Å²) < 4.78 is 37.2. The van der Waals surface area contributed by atoms with Crippen LogP contribution in [-0.2, 0) is 3.81 Å². The highest BCUT2D eigenvalue weighted by Crippen LogP contribution is 2.47. The van der Waals surface area contributed by atoms with Crippen LogP contribution in [0.2, 0.25) is 0 Å². The second-order valence-electron chi connectivity index (χ2n) is 5.89. The minimum Gasteiger partial charge on any atom is -0.462 e. The summed E-state index contributed by atoms with van der Waals surface area (Å²) in [6, 6.07) is 31.3. The van der Waals surface area contributed by atoms with E-state index < -0.39 is 10.2 Å². The van der Waals surface area contributed by atoms with Gasteiger partial charge in [-0.3, -0.25) is 0 Å². The molecule has 0 aromatic heterocycles. The monoisotopic (exact) mass is 428 g/mol. The molecule has 1 aliphatic heterocycles.